The van der Waals surface area contributed by atoms with E-state index in [0.29, 0.717) is 42.8 Å². The number of urea groups is 1. The summed E-state index contributed by atoms with van der Waals surface area (Å²) in [5, 5.41) is 13.0. The van der Waals surface area contributed by atoms with Gasteiger partial charge >= 0.3 is 18.2 Å². The third-order valence-corrected chi connectivity index (χ3v) is 5.94. The summed E-state index contributed by atoms with van der Waals surface area (Å²) < 4.78 is 6.71. The SMILES string of the molecule is CC(C)(C)OC(=O)N1CCC(c2cc3ccc(N4CCC(=O)NC4=O)cc3n2C(=O)O)CC1. The van der Waals surface area contributed by atoms with Crippen molar-refractivity contribution in [3.05, 3.63) is 30.0 Å². The monoisotopic (exact) mass is 456 g/mol. The van der Waals surface area contributed by atoms with Crippen molar-refractivity contribution >= 4 is 40.7 Å². The van der Waals surface area contributed by atoms with Crippen molar-refractivity contribution in [1.82, 2.24) is 14.8 Å². The van der Waals surface area contributed by atoms with E-state index in [9.17, 15) is 24.3 Å². The number of piperidine rings is 1. The largest absolute Gasteiger partial charge is 0.464 e. The van der Waals surface area contributed by atoms with Gasteiger partial charge in [0.25, 0.3) is 0 Å². The van der Waals surface area contributed by atoms with Crippen LogP contribution in [0.4, 0.5) is 20.1 Å². The van der Waals surface area contributed by atoms with Crippen LogP contribution in [-0.4, -0.2) is 63.9 Å². The number of carbonyl (C=O) groups excluding carboxylic acids is 3. The first-order valence-corrected chi connectivity index (χ1v) is 11.0. The number of anilines is 1. The number of aromatic nitrogens is 1. The van der Waals surface area contributed by atoms with Crippen molar-refractivity contribution in [3.63, 3.8) is 0 Å². The van der Waals surface area contributed by atoms with Crippen LogP contribution in [0.3, 0.4) is 0 Å². The van der Waals surface area contributed by atoms with E-state index in [-0.39, 0.29) is 30.9 Å². The molecule has 3 heterocycles. The van der Waals surface area contributed by atoms with Crippen molar-refractivity contribution < 1.29 is 29.0 Å². The smallest absolute Gasteiger partial charge is 0.416 e. The van der Waals surface area contributed by atoms with Crippen LogP contribution < -0.4 is 10.2 Å². The van der Waals surface area contributed by atoms with Crippen LogP contribution in [0.15, 0.2) is 24.3 Å². The highest BCUT2D eigenvalue weighted by Gasteiger charge is 2.31. The fraction of sp³-hybridized carbons (Fsp3) is 0.478. The number of benzene rings is 1. The molecule has 0 aliphatic carbocycles. The Morgan fingerprint density at radius 2 is 1.79 bits per heavy atom. The van der Waals surface area contributed by atoms with Gasteiger partial charge in [0.1, 0.15) is 5.60 Å². The Morgan fingerprint density at radius 3 is 2.39 bits per heavy atom. The number of imide groups is 1. The van der Waals surface area contributed by atoms with Crippen LogP contribution in [-0.2, 0) is 9.53 Å². The van der Waals surface area contributed by atoms with Crippen LogP contribution in [0.1, 0.15) is 51.6 Å². The van der Waals surface area contributed by atoms with Gasteiger partial charge in [-0.05, 0) is 51.8 Å². The van der Waals surface area contributed by atoms with E-state index in [4.69, 9.17) is 4.74 Å². The molecule has 10 nitrogen and oxygen atoms in total. The summed E-state index contributed by atoms with van der Waals surface area (Å²) in [6, 6.07) is 6.54. The number of carboxylic acid groups (broad SMARTS) is 1. The van der Waals surface area contributed by atoms with E-state index >= 15 is 0 Å². The first-order valence-electron chi connectivity index (χ1n) is 11.0. The number of hydrogen-bond acceptors (Lipinski definition) is 5. The van der Waals surface area contributed by atoms with E-state index in [1.165, 1.54) is 9.47 Å². The fourth-order valence-electron chi connectivity index (χ4n) is 4.39. The van der Waals surface area contributed by atoms with E-state index in [2.05, 4.69) is 5.32 Å². The Hall–Kier alpha value is -3.56. The molecule has 4 rings (SSSR count). The molecule has 2 N–H and O–H groups in total. The molecular formula is C23H28N4O6. The Bertz CT molecular complexity index is 1120. The maximum absolute atomic E-state index is 12.4. The number of nitrogens with one attached hydrogen (secondary N) is 1. The fourth-order valence-corrected chi connectivity index (χ4v) is 4.39. The molecule has 2 aliphatic heterocycles. The Labute approximate surface area is 191 Å². The van der Waals surface area contributed by atoms with Crippen molar-refractivity contribution in [2.75, 3.05) is 24.5 Å². The van der Waals surface area contributed by atoms with Crippen molar-refractivity contribution in [1.29, 1.82) is 0 Å². The number of hydrogen-bond donors (Lipinski definition) is 2. The summed E-state index contributed by atoms with van der Waals surface area (Å²) in [6.07, 6.45) is -0.0446. The standard InChI is InChI=1S/C23H28N4O6/c1-23(2,3)33-22(32)25-9-6-14(7-10-25)17-12-15-4-5-16(13-18(15)27(17)21(30)31)26-11-8-19(28)24-20(26)29/h4-5,12-14H,6-11H2,1-3H3,(H,30,31)(H,24,28,29). The lowest BCUT2D eigenvalue weighted by Gasteiger charge is -2.33. The predicted molar refractivity (Wildman–Crippen MR) is 121 cm³/mol. The van der Waals surface area contributed by atoms with E-state index in [1.54, 1.807) is 23.1 Å². The maximum atomic E-state index is 12.4. The quantitative estimate of drug-likeness (QED) is 0.710. The second kappa shape index (κ2) is 8.42. The number of fused-ring (bicyclic) bond motifs is 1. The van der Waals surface area contributed by atoms with E-state index < -0.39 is 17.7 Å². The first-order chi connectivity index (χ1) is 15.5. The topological polar surface area (TPSA) is 121 Å². The summed E-state index contributed by atoms with van der Waals surface area (Å²) in [6.45, 7) is 6.66. The highest BCUT2D eigenvalue weighted by Crippen LogP contribution is 2.34. The van der Waals surface area contributed by atoms with Gasteiger partial charge in [0.05, 0.1) is 5.52 Å². The summed E-state index contributed by atoms with van der Waals surface area (Å²) in [4.78, 5) is 51.3. The lowest BCUT2D eigenvalue weighted by atomic mass is 9.93. The number of nitrogens with zero attached hydrogens (tertiary/aromatic N) is 3. The van der Waals surface area contributed by atoms with Crippen LogP contribution in [0.5, 0.6) is 0 Å². The molecule has 1 aromatic carbocycles. The average Bonchev–Trinajstić information content (AvgIpc) is 3.11. The molecule has 1 aromatic heterocycles. The Morgan fingerprint density at radius 1 is 1.09 bits per heavy atom. The molecule has 33 heavy (non-hydrogen) atoms. The van der Waals surface area contributed by atoms with Crippen molar-refractivity contribution in [3.8, 4) is 0 Å². The van der Waals surface area contributed by atoms with E-state index in [0.717, 1.165) is 5.39 Å². The van der Waals surface area contributed by atoms with Gasteiger partial charge in [-0.2, -0.15) is 0 Å². The zero-order valence-electron chi connectivity index (χ0n) is 19.0. The summed E-state index contributed by atoms with van der Waals surface area (Å²) >= 11 is 0. The Kier molecular flexibility index (Phi) is 5.77. The first kappa shape index (κ1) is 22.6. The minimum Gasteiger partial charge on any atom is -0.464 e. The predicted octanol–water partition coefficient (Wildman–Crippen LogP) is 3.73. The van der Waals surface area contributed by atoms with Crippen molar-refractivity contribution in [2.24, 2.45) is 0 Å². The molecule has 2 aliphatic rings. The van der Waals surface area contributed by atoms with Crippen molar-refractivity contribution in [2.45, 2.75) is 51.6 Å². The summed E-state index contributed by atoms with van der Waals surface area (Å²) in [7, 11) is 0. The molecule has 0 atom stereocenters. The third kappa shape index (κ3) is 4.64. The number of likely N-dealkylation sites (tertiary alicyclic amines) is 1. The average molecular weight is 456 g/mol. The van der Waals surface area contributed by atoms with Gasteiger partial charge in [0.2, 0.25) is 5.91 Å². The minimum atomic E-state index is -1.11. The maximum Gasteiger partial charge on any atom is 0.416 e. The number of rotatable bonds is 2. The van der Waals surface area contributed by atoms with Crippen LogP contribution in [0, 0.1) is 0 Å². The molecule has 10 heteroatoms. The zero-order chi connectivity index (χ0) is 23.9. The molecule has 0 unspecified atom stereocenters. The molecular weight excluding hydrogens is 428 g/mol. The number of carbonyl (C=O) groups is 4. The minimum absolute atomic E-state index is 0.0356. The molecule has 2 fully saturated rings. The zero-order valence-corrected chi connectivity index (χ0v) is 19.0. The molecule has 2 saturated heterocycles. The Balaban J connectivity index is 1.58. The van der Waals surface area contributed by atoms with Gasteiger partial charge in [0.15, 0.2) is 0 Å². The van der Waals surface area contributed by atoms with Gasteiger partial charge < -0.3 is 14.7 Å². The molecule has 0 radical (unpaired) electrons. The normalized spacial score (nSPS) is 17.9. The third-order valence-electron chi connectivity index (χ3n) is 5.94. The molecule has 2 aromatic rings. The summed E-state index contributed by atoms with van der Waals surface area (Å²) in [5.41, 5.74) is 1.10. The molecule has 176 valence electrons. The number of ether oxygens (including phenoxy) is 1. The second-order valence-electron chi connectivity index (χ2n) is 9.43. The van der Waals surface area contributed by atoms with Gasteiger partial charge in [-0.3, -0.25) is 15.0 Å². The highest BCUT2D eigenvalue weighted by molar-refractivity contribution is 6.06. The molecule has 0 bridgehead atoms. The second-order valence-corrected chi connectivity index (χ2v) is 9.43. The molecule has 0 spiro atoms. The number of amides is 4. The lowest BCUT2D eigenvalue weighted by Crippen LogP contribution is -2.49. The van der Waals surface area contributed by atoms with Crippen LogP contribution in [0.25, 0.3) is 10.9 Å². The van der Waals surface area contributed by atoms with Gasteiger partial charge in [-0.15, -0.1) is 0 Å². The van der Waals surface area contributed by atoms with Crippen LogP contribution >= 0.6 is 0 Å². The highest BCUT2D eigenvalue weighted by atomic mass is 16.6. The van der Waals surface area contributed by atoms with Gasteiger partial charge in [0, 0.05) is 48.7 Å². The van der Waals surface area contributed by atoms with Crippen LogP contribution in [0.2, 0.25) is 0 Å². The summed E-state index contributed by atoms with van der Waals surface area (Å²) in [5.74, 6) is -0.363. The van der Waals surface area contributed by atoms with E-state index in [1.807, 2.05) is 26.8 Å². The van der Waals surface area contributed by atoms with Gasteiger partial charge in [-0.25, -0.2) is 19.0 Å². The molecule has 4 amide bonds. The lowest BCUT2D eigenvalue weighted by molar-refractivity contribution is -0.120. The molecule has 0 saturated carbocycles. The van der Waals surface area contributed by atoms with Gasteiger partial charge in [-0.1, -0.05) is 6.07 Å².